The van der Waals surface area contributed by atoms with Gasteiger partial charge in [0, 0.05) is 43.3 Å². The Morgan fingerprint density at radius 3 is 2.33 bits per heavy atom. The third kappa shape index (κ3) is 10.5. The van der Waals surface area contributed by atoms with Crippen molar-refractivity contribution >= 4 is 35.3 Å². The van der Waals surface area contributed by atoms with Crippen molar-refractivity contribution < 1.29 is 23.9 Å². The zero-order valence-corrected chi connectivity index (χ0v) is 25.6. The molecule has 2 aromatic carbocycles. The molecule has 1 fully saturated rings. The maximum absolute atomic E-state index is 13.4. The number of rotatable bonds is 17. The summed E-state index contributed by atoms with van der Waals surface area (Å²) in [6, 6.07) is 12.0. The molecule has 1 aliphatic carbocycles. The lowest BCUT2D eigenvalue weighted by atomic mass is 10.1. The van der Waals surface area contributed by atoms with Gasteiger partial charge in [-0.25, -0.2) is 0 Å². The Morgan fingerprint density at radius 1 is 0.956 bits per heavy atom. The van der Waals surface area contributed by atoms with E-state index >= 15 is 0 Å². The van der Waals surface area contributed by atoms with E-state index in [0.717, 1.165) is 44.1 Å². The van der Waals surface area contributed by atoms with E-state index in [1.165, 1.54) is 0 Å². The van der Waals surface area contributed by atoms with Gasteiger partial charge in [-0.2, -0.15) is 0 Å². The summed E-state index contributed by atoms with van der Waals surface area (Å²) in [6.45, 7) is 1.94. The number of hydrogen-bond acceptors (Lipinski definition) is 7. The van der Waals surface area contributed by atoms with E-state index in [9.17, 15) is 19.2 Å². The van der Waals surface area contributed by atoms with Crippen molar-refractivity contribution in [3.8, 4) is 5.75 Å². The van der Waals surface area contributed by atoms with Gasteiger partial charge in [0.1, 0.15) is 5.75 Å². The summed E-state index contributed by atoms with van der Waals surface area (Å²) in [4.78, 5) is 55.4. The summed E-state index contributed by atoms with van der Waals surface area (Å²) in [7, 11) is 0. The third-order valence-electron chi connectivity index (χ3n) is 7.67. The lowest BCUT2D eigenvalue weighted by Crippen LogP contribution is -2.41. The van der Waals surface area contributed by atoms with Gasteiger partial charge in [-0.05, 0) is 74.4 Å². The molecule has 1 aliphatic heterocycles. The van der Waals surface area contributed by atoms with Gasteiger partial charge in [0.15, 0.2) is 12.6 Å². The van der Waals surface area contributed by atoms with Crippen molar-refractivity contribution in [2.24, 2.45) is 22.2 Å². The van der Waals surface area contributed by atoms with Crippen molar-refractivity contribution in [2.75, 3.05) is 31.6 Å². The highest BCUT2D eigenvalue weighted by molar-refractivity contribution is 5.99. The fraction of sp³-hybridized carbons (Fsp3) is 0.469. The molecule has 2 aromatic rings. The number of unbranched alkanes of at least 4 members (excludes halogenated alkanes) is 3. The van der Waals surface area contributed by atoms with Crippen molar-refractivity contribution in [2.45, 2.75) is 70.0 Å². The molecular formula is C32H44N8O5. The fourth-order valence-electron chi connectivity index (χ4n) is 4.99. The highest BCUT2D eigenvalue weighted by atomic mass is 16.5. The molecule has 13 nitrogen and oxygen atoms in total. The number of benzene rings is 2. The Hall–Kier alpha value is -4.65. The smallest absolute Gasteiger partial charge is 0.262 e. The Bertz CT molecular complexity index is 1370. The first kappa shape index (κ1) is 33.2. The molecule has 4 amide bonds. The van der Waals surface area contributed by atoms with Gasteiger partial charge in [0.2, 0.25) is 5.91 Å². The maximum atomic E-state index is 13.4. The van der Waals surface area contributed by atoms with Gasteiger partial charge in [0.05, 0.1) is 11.7 Å². The molecule has 1 atom stereocenters. The van der Waals surface area contributed by atoms with Crippen molar-refractivity contribution in [3.05, 3.63) is 59.2 Å². The third-order valence-corrected chi connectivity index (χ3v) is 7.67. The number of hydrogen-bond donors (Lipinski definition) is 6. The van der Waals surface area contributed by atoms with E-state index in [0.29, 0.717) is 61.6 Å². The van der Waals surface area contributed by atoms with E-state index in [1.54, 1.807) is 30.3 Å². The van der Waals surface area contributed by atoms with Crippen molar-refractivity contribution in [1.29, 1.82) is 0 Å². The minimum Gasteiger partial charge on any atom is -0.482 e. The first-order chi connectivity index (χ1) is 21.7. The van der Waals surface area contributed by atoms with Gasteiger partial charge >= 0.3 is 0 Å². The second-order valence-electron chi connectivity index (χ2n) is 11.4. The highest BCUT2D eigenvalue weighted by Gasteiger charge is 2.33. The molecule has 2 aliphatic rings. The molecule has 0 saturated heterocycles. The van der Waals surface area contributed by atoms with Gasteiger partial charge in [0.25, 0.3) is 17.7 Å². The minimum atomic E-state index is -0.578. The minimum absolute atomic E-state index is 0.0304. The van der Waals surface area contributed by atoms with Gasteiger partial charge in [-0.3, -0.25) is 24.2 Å². The van der Waals surface area contributed by atoms with Crippen molar-refractivity contribution in [3.63, 3.8) is 0 Å². The van der Waals surface area contributed by atoms with Gasteiger partial charge in [-0.1, -0.05) is 25.0 Å². The molecule has 13 heteroatoms. The summed E-state index contributed by atoms with van der Waals surface area (Å²) in [6.07, 6.45) is 6.58. The molecule has 1 heterocycles. The maximum Gasteiger partial charge on any atom is 0.262 e. The van der Waals surface area contributed by atoms with Crippen LogP contribution >= 0.6 is 0 Å². The van der Waals surface area contributed by atoms with E-state index in [4.69, 9.17) is 21.9 Å². The second kappa shape index (κ2) is 16.4. The zero-order valence-electron chi connectivity index (χ0n) is 25.6. The quantitative estimate of drug-likeness (QED) is 0.0868. The molecule has 0 radical (unpaired) electrons. The average Bonchev–Trinajstić information content (AvgIpc) is 3.88. The number of ether oxygens (including phenoxy) is 1. The second-order valence-corrected chi connectivity index (χ2v) is 11.4. The number of nitrogens with zero attached hydrogens (tertiary/aromatic N) is 2. The summed E-state index contributed by atoms with van der Waals surface area (Å²) < 4.78 is 5.48. The van der Waals surface area contributed by atoms with Crippen LogP contribution in [0.25, 0.3) is 0 Å². The van der Waals surface area contributed by atoms with Crippen LogP contribution in [0.3, 0.4) is 0 Å². The monoisotopic (exact) mass is 620 g/mol. The predicted molar refractivity (Wildman–Crippen MR) is 172 cm³/mol. The van der Waals surface area contributed by atoms with Crippen LogP contribution in [0.4, 0.5) is 5.69 Å². The van der Waals surface area contributed by atoms with Crippen LogP contribution in [0.1, 0.15) is 77.6 Å². The fourth-order valence-corrected chi connectivity index (χ4v) is 4.99. The molecule has 4 rings (SSSR count). The number of fused-ring (bicyclic) bond motifs is 1. The van der Waals surface area contributed by atoms with Crippen LogP contribution in [-0.4, -0.2) is 72.8 Å². The van der Waals surface area contributed by atoms with E-state index in [1.807, 2.05) is 17.0 Å². The Labute approximate surface area is 263 Å². The summed E-state index contributed by atoms with van der Waals surface area (Å²) in [5, 5.41) is 8.55. The van der Waals surface area contributed by atoms with E-state index in [-0.39, 0.29) is 42.2 Å². The lowest BCUT2D eigenvalue weighted by Gasteiger charge is -2.24. The highest BCUT2D eigenvalue weighted by Crippen LogP contribution is 2.33. The van der Waals surface area contributed by atoms with Crippen LogP contribution in [0.5, 0.6) is 5.75 Å². The van der Waals surface area contributed by atoms with Gasteiger partial charge < -0.3 is 42.8 Å². The van der Waals surface area contributed by atoms with Crippen molar-refractivity contribution in [1.82, 2.24) is 15.5 Å². The number of aliphatic imine (C=N–C) groups is 1. The SMILES string of the molecule is NC(N)=NCCC[C@H](N)C(=O)NCCCCCCNC(=O)c1ccc(CN(C(=O)c2ccc3c(c2)OCC(=O)N3)C2CC2)cc1. The van der Waals surface area contributed by atoms with Crippen LogP contribution < -0.4 is 37.9 Å². The van der Waals surface area contributed by atoms with E-state index < -0.39 is 6.04 Å². The molecule has 0 unspecified atom stereocenters. The van der Waals surface area contributed by atoms with Gasteiger partial charge in [-0.15, -0.1) is 0 Å². The van der Waals surface area contributed by atoms with Crippen LogP contribution in [0.15, 0.2) is 47.5 Å². The number of guanidine groups is 1. The molecule has 242 valence electrons. The molecule has 0 bridgehead atoms. The average molecular weight is 621 g/mol. The predicted octanol–water partition coefficient (Wildman–Crippen LogP) is 1.61. The van der Waals surface area contributed by atoms with E-state index in [2.05, 4.69) is 20.9 Å². The molecule has 1 saturated carbocycles. The number of anilines is 1. The Kier molecular flexibility index (Phi) is 12.1. The number of nitrogens with two attached hydrogens (primary N) is 3. The number of amides is 4. The first-order valence-corrected chi connectivity index (χ1v) is 15.5. The topological polar surface area (TPSA) is 207 Å². The summed E-state index contributed by atoms with van der Waals surface area (Å²) >= 11 is 0. The van der Waals surface area contributed by atoms with Crippen LogP contribution in [-0.2, 0) is 16.1 Å². The Balaban J connectivity index is 1.12. The van der Waals surface area contributed by atoms with Crippen LogP contribution in [0, 0.1) is 0 Å². The standard InChI is InChI=1S/C32H44N8O5/c33-25(6-5-17-38-32(34)35)30(43)37-16-4-2-1-3-15-36-29(42)22-9-7-21(8-10-22)19-40(24-12-13-24)31(44)23-11-14-26-27(18-23)45-20-28(41)39-26/h7-11,14,18,24-25H,1-6,12-13,15-17,19-20,33H2,(H,36,42)(H,37,43)(H,39,41)(H4,34,35,38)/t25-/m0/s1. The zero-order chi connectivity index (χ0) is 32.2. The first-order valence-electron chi connectivity index (χ1n) is 15.5. The molecule has 45 heavy (non-hydrogen) atoms. The molecular weight excluding hydrogens is 576 g/mol. The summed E-state index contributed by atoms with van der Waals surface area (Å²) in [5.41, 5.74) is 19.0. The molecule has 0 aromatic heterocycles. The number of carbonyl (C=O) groups excluding carboxylic acids is 4. The normalized spacial score (nSPS) is 14.3. The molecule has 9 N–H and O–H groups in total. The summed E-state index contributed by atoms with van der Waals surface area (Å²) in [5.74, 6) is -0.105. The largest absolute Gasteiger partial charge is 0.482 e. The Morgan fingerprint density at radius 2 is 1.64 bits per heavy atom. The lowest BCUT2D eigenvalue weighted by molar-refractivity contribution is -0.122. The van der Waals surface area contributed by atoms with Crippen LogP contribution in [0.2, 0.25) is 0 Å². The molecule has 0 spiro atoms. The number of carbonyl (C=O) groups is 4. The number of nitrogens with one attached hydrogen (secondary N) is 3.